The second kappa shape index (κ2) is 9.86. The van der Waals surface area contributed by atoms with Crippen LogP contribution < -0.4 is 14.8 Å². The van der Waals surface area contributed by atoms with Gasteiger partial charge in [0.1, 0.15) is 23.5 Å². The smallest absolute Gasteiger partial charge is 0.313 e. The summed E-state index contributed by atoms with van der Waals surface area (Å²) in [6.07, 6.45) is -0.307. The van der Waals surface area contributed by atoms with Gasteiger partial charge in [-0.05, 0) is 87.2 Å². The molecule has 1 aliphatic heterocycles. The Bertz CT molecular complexity index is 1310. The lowest BCUT2D eigenvalue weighted by molar-refractivity contribution is -0.142. The van der Waals surface area contributed by atoms with Crippen molar-refractivity contribution in [1.82, 2.24) is 0 Å². The van der Waals surface area contributed by atoms with Crippen LogP contribution in [0.3, 0.4) is 0 Å². The topological polar surface area (TPSA) is 84.9 Å². The van der Waals surface area contributed by atoms with E-state index in [-0.39, 0.29) is 24.0 Å². The van der Waals surface area contributed by atoms with Crippen molar-refractivity contribution in [3.05, 3.63) is 88.0 Å². The second-order valence-corrected chi connectivity index (χ2v) is 10.2. The van der Waals surface area contributed by atoms with Crippen LogP contribution in [0.4, 0.5) is 5.69 Å². The number of halogens is 1. The number of para-hydroxylation sites is 1. The number of nitrogens with one attached hydrogen (secondary N) is 1. The van der Waals surface area contributed by atoms with Gasteiger partial charge in [-0.1, -0.05) is 24.3 Å². The predicted octanol–water partition coefficient (Wildman–Crippen LogP) is 6.35. The summed E-state index contributed by atoms with van der Waals surface area (Å²) < 4.78 is 11.9. The summed E-state index contributed by atoms with van der Waals surface area (Å²) in [6.45, 7) is 9.15. The van der Waals surface area contributed by atoms with Gasteiger partial charge >= 0.3 is 5.97 Å². The Balaban J connectivity index is 1.48. The van der Waals surface area contributed by atoms with Crippen molar-refractivity contribution in [2.45, 2.75) is 51.5 Å². The van der Waals surface area contributed by atoms with E-state index in [1.54, 1.807) is 26.0 Å². The van der Waals surface area contributed by atoms with Crippen LogP contribution in [-0.4, -0.2) is 29.7 Å². The summed E-state index contributed by atoms with van der Waals surface area (Å²) in [6, 6.07) is 16.7. The number of ether oxygens (including phenoxy) is 2. The number of carboxylic acid groups (broad SMARTS) is 1. The molecular weight excluding hydrogens is 478 g/mol. The summed E-state index contributed by atoms with van der Waals surface area (Å²) in [7, 11) is 0. The monoisotopic (exact) mass is 507 g/mol. The molecule has 1 unspecified atom stereocenters. The Kier molecular flexibility index (Phi) is 7.01. The molecule has 6 nitrogen and oxygen atoms in total. The quantitative estimate of drug-likeness (QED) is 0.364. The molecule has 1 aliphatic rings. The van der Waals surface area contributed by atoms with Crippen LogP contribution in [0.1, 0.15) is 57.4 Å². The number of amides is 1. The van der Waals surface area contributed by atoms with Crippen molar-refractivity contribution in [2.24, 2.45) is 0 Å². The molecule has 0 aromatic heterocycles. The van der Waals surface area contributed by atoms with Gasteiger partial charge in [-0.3, -0.25) is 9.59 Å². The van der Waals surface area contributed by atoms with Crippen molar-refractivity contribution in [1.29, 1.82) is 0 Å². The van der Waals surface area contributed by atoms with Gasteiger partial charge in [-0.25, -0.2) is 0 Å². The van der Waals surface area contributed by atoms with Gasteiger partial charge < -0.3 is 19.9 Å². The largest absolute Gasteiger partial charge is 0.490 e. The van der Waals surface area contributed by atoms with Crippen LogP contribution in [0.5, 0.6) is 11.5 Å². The van der Waals surface area contributed by atoms with E-state index in [0.717, 1.165) is 28.0 Å². The van der Waals surface area contributed by atoms with Crippen molar-refractivity contribution >= 4 is 29.2 Å². The first-order chi connectivity index (χ1) is 17.0. The molecule has 0 radical (unpaired) electrons. The maximum atomic E-state index is 13.2. The fraction of sp³-hybridized carbons (Fsp3) is 0.310. The van der Waals surface area contributed by atoms with Gasteiger partial charge in [-0.15, -0.1) is 11.6 Å². The van der Waals surface area contributed by atoms with Gasteiger partial charge in [0, 0.05) is 16.8 Å². The number of hydrogen-bond acceptors (Lipinski definition) is 4. The molecule has 0 aliphatic carbocycles. The summed E-state index contributed by atoms with van der Waals surface area (Å²) >= 11 is 6.56. The highest BCUT2D eigenvalue weighted by Crippen LogP contribution is 2.40. The van der Waals surface area contributed by atoms with Gasteiger partial charge in [0.2, 0.25) is 0 Å². The van der Waals surface area contributed by atoms with Gasteiger partial charge in [0.25, 0.3) is 5.91 Å². The number of carbonyl (C=O) groups is 2. The van der Waals surface area contributed by atoms with Crippen LogP contribution in [0, 0.1) is 20.8 Å². The average molecular weight is 508 g/mol. The zero-order valence-corrected chi connectivity index (χ0v) is 21.8. The van der Waals surface area contributed by atoms with Gasteiger partial charge in [-0.2, -0.15) is 0 Å². The lowest BCUT2D eigenvalue weighted by atomic mass is 9.82. The molecule has 0 fully saturated rings. The molecule has 0 saturated carbocycles. The van der Waals surface area contributed by atoms with Crippen molar-refractivity contribution < 1.29 is 24.2 Å². The van der Waals surface area contributed by atoms with Crippen LogP contribution in [0.15, 0.2) is 54.6 Å². The van der Waals surface area contributed by atoms with E-state index >= 15 is 0 Å². The average Bonchev–Trinajstić information content (AvgIpc) is 3.14. The number of hydrogen-bond donors (Lipinski definition) is 2. The molecule has 1 heterocycles. The van der Waals surface area contributed by atoms with Crippen molar-refractivity contribution in [3.8, 4) is 11.5 Å². The van der Waals surface area contributed by atoms with Gasteiger partial charge in [0.05, 0.1) is 5.41 Å². The minimum absolute atomic E-state index is 0.269. The highest BCUT2D eigenvalue weighted by atomic mass is 35.5. The number of carboxylic acids is 1. The van der Waals surface area contributed by atoms with E-state index in [1.165, 1.54) is 0 Å². The number of carbonyl (C=O) groups excluding carboxylic acids is 1. The molecule has 2 atom stereocenters. The highest BCUT2D eigenvalue weighted by molar-refractivity contribution is 6.21. The summed E-state index contributed by atoms with van der Waals surface area (Å²) in [5.74, 6) is 0.209. The number of anilines is 1. The molecule has 4 rings (SSSR count). The molecule has 7 heteroatoms. The first-order valence-corrected chi connectivity index (χ1v) is 12.2. The molecule has 0 bridgehead atoms. The zero-order valence-electron chi connectivity index (χ0n) is 21.0. The number of aliphatic carboxylic acids is 1. The second-order valence-electron chi connectivity index (χ2n) is 9.75. The Morgan fingerprint density at radius 2 is 1.69 bits per heavy atom. The number of alkyl halides is 1. The van der Waals surface area contributed by atoms with Crippen molar-refractivity contribution in [2.75, 3.05) is 11.9 Å². The normalized spacial score (nSPS) is 16.7. The van der Waals surface area contributed by atoms with Crippen LogP contribution in [0.25, 0.3) is 0 Å². The van der Waals surface area contributed by atoms with Crippen LogP contribution in [0.2, 0.25) is 0 Å². The highest BCUT2D eigenvalue weighted by Gasteiger charge is 2.33. The summed E-state index contributed by atoms with van der Waals surface area (Å²) in [4.78, 5) is 24.9. The lowest BCUT2D eigenvalue weighted by Gasteiger charge is -2.23. The zero-order chi connectivity index (χ0) is 26.2. The number of fused-ring (bicyclic) bond motifs is 1. The molecule has 36 heavy (non-hydrogen) atoms. The molecule has 3 aromatic rings. The molecule has 1 amide bonds. The Labute approximate surface area is 216 Å². The third kappa shape index (κ3) is 4.91. The summed E-state index contributed by atoms with van der Waals surface area (Å²) in [5.41, 5.74) is 3.99. The fourth-order valence-electron chi connectivity index (χ4n) is 4.58. The van der Waals surface area contributed by atoms with Crippen LogP contribution >= 0.6 is 11.6 Å². The standard InChI is InChI=1S/C29H30ClNO5/c1-16-10-11-19(14-22(16)29(4,5)28(33)34)31-27(32)25-17(2)12-20(13-18(25)3)35-15-24-26(30)21-8-6-7-9-23(21)36-24/h6-14,24,26H,15H2,1-5H3,(H,31,32)(H,33,34)/t24-,26?/m0/s1. The number of benzene rings is 3. The maximum absolute atomic E-state index is 13.2. The first kappa shape index (κ1) is 25.6. The van der Waals surface area contributed by atoms with Gasteiger partial charge in [0.15, 0.2) is 6.10 Å². The Hall–Kier alpha value is -3.51. The maximum Gasteiger partial charge on any atom is 0.313 e. The minimum atomic E-state index is -1.08. The third-order valence-corrected chi connectivity index (χ3v) is 7.19. The van der Waals surface area contributed by atoms with E-state index in [0.29, 0.717) is 22.6 Å². The number of rotatable bonds is 7. The molecule has 0 spiro atoms. The fourth-order valence-corrected chi connectivity index (χ4v) is 4.89. The molecule has 0 saturated heterocycles. The molecule has 3 aromatic carbocycles. The number of aryl methyl sites for hydroxylation is 3. The SMILES string of the molecule is Cc1ccc(NC(=O)c2c(C)cc(OC[C@@H]3Oc4ccccc4C3Cl)cc2C)cc1C(C)(C)C(=O)O. The predicted molar refractivity (Wildman–Crippen MR) is 141 cm³/mol. The Morgan fingerprint density at radius 3 is 2.33 bits per heavy atom. The third-order valence-electron chi connectivity index (χ3n) is 6.67. The molecule has 2 N–H and O–H groups in total. The first-order valence-electron chi connectivity index (χ1n) is 11.8. The van der Waals surface area contributed by atoms with Crippen molar-refractivity contribution in [3.63, 3.8) is 0 Å². The van der Waals surface area contributed by atoms with Crippen LogP contribution in [-0.2, 0) is 10.2 Å². The molecule has 188 valence electrons. The van der Waals surface area contributed by atoms with E-state index in [9.17, 15) is 14.7 Å². The lowest BCUT2D eigenvalue weighted by Crippen LogP contribution is -2.29. The van der Waals surface area contributed by atoms with E-state index in [1.807, 2.05) is 63.2 Å². The van der Waals surface area contributed by atoms with E-state index < -0.39 is 11.4 Å². The molecular formula is C29H30ClNO5. The summed E-state index contributed by atoms with van der Waals surface area (Å²) in [5, 5.41) is 12.3. The van der Waals surface area contributed by atoms with E-state index in [2.05, 4.69) is 5.32 Å². The minimum Gasteiger partial charge on any atom is -0.490 e. The Morgan fingerprint density at radius 1 is 1.03 bits per heavy atom. The van der Waals surface area contributed by atoms with E-state index in [4.69, 9.17) is 21.1 Å².